The molecule has 17 heavy (non-hydrogen) atoms. The van der Waals surface area contributed by atoms with Crippen LogP contribution in [0.5, 0.6) is 0 Å². The first-order valence-corrected chi connectivity index (χ1v) is 5.17. The summed E-state index contributed by atoms with van der Waals surface area (Å²) < 4.78 is 6.49. The highest BCUT2D eigenvalue weighted by Crippen LogP contribution is 2.20. The fourth-order valence-electron chi connectivity index (χ4n) is 2.11. The molecule has 4 nitrogen and oxygen atoms in total. The second-order valence-corrected chi connectivity index (χ2v) is 3.80. The standard InChI is InChI=1S/C13H9NO3/c1-17-13(16)9-7-11-12(15)6-5-8-3-2-4-10(9)14(8)11/h2-7H,1H3. The molecule has 4 heteroatoms. The van der Waals surface area contributed by atoms with E-state index in [1.807, 2.05) is 12.1 Å². The summed E-state index contributed by atoms with van der Waals surface area (Å²) in [5, 5.41) is 0. The summed E-state index contributed by atoms with van der Waals surface area (Å²) in [6, 6.07) is 10.4. The van der Waals surface area contributed by atoms with E-state index in [0.29, 0.717) is 16.6 Å². The summed E-state index contributed by atoms with van der Waals surface area (Å²) in [5.41, 5.74) is 2.39. The summed E-state index contributed by atoms with van der Waals surface area (Å²) in [6.07, 6.45) is 0. The van der Waals surface area contributed by atoms with Gasteiger partial charge in [0.15, 0.2) is 0 Å². The Morgan fingerprint density at radius 2 is 2.00 bits per heavy atom. The first-order chi connectivity index (χ1) is 8.22. The van der Waals surface area contributed by atoms with Crippen molar-refractivity contribution in [1.82, 2.24) is 4.40 Å². The van der Waals surface area contributed by atoms with Gasteiger partial charge in [-0.1, -0.05) is 6.07 Å². The molecule has 3 heterocycles. The highest BCUT2D eigenvalue weighted by molar-refractivity contribution is 6.00. The van der Waals surface area contributed by atoms with Crippen LogP contribution in [0.15, 0.2) is 41.2 Å². The molecule has 3 aromatic rings. The molecular weight excluding hydrogens is 218 g/mol. The summed E-state index contributed by atoms with van der Waals surface area (Å²) in [6.45, 7) is 0. The highest BCUT2D eigenvalue weighted by Gasteiger charge is 2.16. The summed E-state index contributed by atoms with van der Waals surface area (Å²) in [4.78, 5) is 23.4. The van der Waals surface area contributed by atoms with E-state index in [1.54, 1.807) is 22.6 Å². The Hall–Kier alpha value is -2.36. The lowest BCUT2D eigenvalue weighted by Gasteiger charge is -2.01. The van der Waals surface area contributed by atoms with E-state index in [-0.39, 0.29) is 5.43 Å². The molecule has 0 aliphatic rings. The largest absolute Gasteiger partial charge is 0.465 e. The molecule has 0 amide bonds. The van der Waals surface area contributed by atoms with E-state index in [9.17, 15) is 9.59 Å². The number of ether oxygens (including phenoxy) is 1. The Balaban J connectivity index is 2.56. The van der Waals surface area contributed by atoms with Crippen LogP contribution in [0.25, 0.3) is 16.6 Å². The zero-order valence-electron chi connectivity index (χ0n) is 9.14. The molecule has 0 spiro atoms. The maximum atomic E-state index is 11.7. The van der Waals surface area contributed by atoms with E-state index in [0.717, 1.165) is 5.52 Å². The lowest BCUT2D eigenvalue weighted by Crippen LogP contribution is -2.02. The van der Waals surface area contributed by atoms with Crippen molar-refractivity contribution in [2.24, 2.45) is 0 Å². The smallest absolute Gasteiger partial charge is 0.340 e. The van der Waals surface area contributed by atoms with Crippen molar-refractivity contribution in [3.63, 3.8) is 0 Å². The number of hydrogen-bond donors (Lipinski definition) is 0. The van der Waals surface area contributed by atoms with Gasteiger partial charge < -0.3 is 9.14 Å². The van der Waals surface area contributed by atoms with Gasteiger partial charge in [0, 0.05) is 5.52 Å². The van der Waals surface area contributed by atoms with Crippen LogP contribution in [0.1, 0.15) is 10.4 Å². The molecule has 3 aromatic heterocycles. The lowest BCUT2D eigenvalue weighted by atomic mass is 10.2. The summed E-state index contributed by atoms with van der Waals surface area (Å²) in [5.74, 6) is -0.430. The molecule has 0 aromatic carbocycles. The maximum absolute atomic E-state index is 11.7. The third-order valence-electron chi connectivity index (χ3n) is 2.88. The molecule has 0 bridgehead atoms. The van der Waals surface area contributed by atoms with Crippen LogP contribution in [0, 0.1) is 0 Å². The van der Waals surface area contributed by atoms with Gasteiger partial charge in [-0.2, -0.15) is 0 Å². The minimum absolute atomic E-state index is 0.103. The van der Waals surface area contributed by atoms with E-state index < -0.39 is 5.97 Å². The molecule has 0 radical (unpaired) electrons. The zero-order chi connectivity index (χ0) is 12.0. The monoisotopic (exact) mass is 227 g/mol. The highest BCUT2D eigenvalue weighted by atomic mass is 16.5. The molecule has 0 fully saturated rings. The SMILES string of the molecule is COC(=O)c1cc2c(=O)ccc3cccc1n32. The van der Waals surface area contributed by atoms with Crippen molar-refractivity contribution in [2.45, 2.75) is 0 Å². The van der Waals surface area contributed by atoms with Crippen molar-refractivity contribution in [3.8, 4) is 0 Å². The molecular formula is C13H9NO3. The molecule has 3 rings (SSSR count). The van der Waals surface area contributed by atoms with Gasteiger partial charge >= 0.3 is 5.97 Å². The van der Waals surface area contributed by atoms with Crippen LogP contribution in [-0.2, 0) is 4.74 Å². The number of nitrogens with zero attached hydrogens (tertiary/aromatic N) is 1. The van der Waals surface area contributed by atoms with Crippen LogP contribution < -0.4 is 5.43 Å². The van der Waals surface area contributed by atoms with Gasteiger partial charge in [0.05, 0.1) is 23.7 Å². The Kier molecular flexibility index (Phi) is 1.92. The van der Waals surface area contributed by atoms with Gasteiger partial charge in [-0.05, 0) is 30.3 Å². The van der Waals surface area contributed by atoms with Crippen molar-refractivity contribution >= 4 is 22.5 Å². The minimum atomic E-state index is -0.430. The topological polar surface area (TPSA) is 47.8 Å². The van der Waals surface area contributed by atoms with Crippen LogP contribution in [-0.4, -0.2) is 17.5 Å². The van der Waals surface area contributed by atoms with Gasteiger partial charge in [0.2, 0.25) is 5.43 Å². The third-order valence-corrected chi connectivity index (χ3v) is 2.88. The van der Waals surface area contributed by atoms with Gasteiger partial charge in [-0.15, -0.1) is 0 Å². The van der Waals surface area contributed by atoms with Crippen LogP contribution in [0.4, 0.5) is 0 Å². The molecule has 0 saturated carbocycles. The number of methoxy groups -OCH3 is 1. The average Bonchev–Trinajstić information content (AvgIpc) is 2.75. The second kappa shape index (κ2) is 3.31. The number of carbonyl (C=O) groups is 1. The molecule has 0 saturated heterocycles. The van der Waals surface area contributed by atoms with Crippen molar-refractivity contribution in [2.75, 3.05) is 7.11 Å². The van der Waals surface area contributed by atoms with Crippen LogP contribution in [0.3, 0.4) is 0 Å². The Bertz CT molecular complexity index is 773. The van der Waals surface area contributed by atoms with Crippen LogP contribution >= 0.6 is 0 Å². The minimum Gasteiger partial charge on any atom is -0.465 e. The molecule has 0 N–H and O–H groups in total. The third kappa shape index (κ3) is 1.24. The van der Waals surface area contributed by atoms with Crippen LogP contribution in [0.2, 0.25) is 0 Å². The van der Waals surface area contributed by atoms with E-state index in [2.05, 4.69) is 0 Å². The fraction of sp³-hybridized carbons (Fsp3) is 0.0769. The average molecular weight is 227 g/mol. The van der Waals surface area contributed by atoms with E-state index >= 15 is 0 Å². The van der Waals surface area contributed by atoms with Crippen molar-refractivity contribution in [3.05, 3.63) is 52.2 Å². The Labute approximate surface area is 96.4 Å². The molecule has 0 aliphatic carbocycles. The number of hydrogen-bond acceptors (Lipinski definition) is 3. The molecule has 0 unspecified atom stereocenters. The van der Waals surface area contributed by atoms with E-state index in [1.165, 1.54) is 13.2 Å². The quantitative estimate of drug-likeness (QED) is 0.594. The Morgan fingerprint density at radius 3 is 2.76 bits per heavy atom. The van der Waals surface area contributed by atoms with E-state index in [4.69, 9.17) is 4.74 Å². The van der Waals surface area contributed by atoms with Gasteiger partial charge in [0.25, 0.3) is 0 Å². The predicted molar refractivity (Wildman–Crippen MR) is 63.7 cm³/mol. The van der Waals surface area contributed by atoms with Crippen molar-refractivity contribution in [1.29, 1.82) is 0 Å². The normalized spacial score (nSPS) is 11.1. The molecule has 0 aliphatic heterocycles. The second-order valence-electron chi connectivity index (χ2n) is 3.80. The predicted octanol–water partition coefficient (Wildman–Crippen LogP) is 1.68. The number of rotatable bonds is 1. The first-order valence-electron chi connectivity index (χ1n) is 5.17. The Morgan fingerprint density at radius 1 is 1.18 bits per heavy atom. The van der Waals surface area contributed by atoms with Gasteiger partial charge in [-0.25, -0.2) is 4.79 Å². The zero-order valence-corrected chi connectivity index (χ0v) is 9.14. The number of pyridine rings is 2. The van der Waals surface area contributed by atoms with Crippen molar-refractivity contribution < 1.29 is 9.53 Å². The summed E-state index contributed by atoms with van der Waals surface area (Å²) in [7, 11) is 1.33. The molecule has 84 valence electrons. The fourth-order valence-corrected chi connectivity index (χ4v) is 2.11. The molecule has 0 atom stereocenters. The van der Waals surface area contributed by atoms with Gasteiger partial charge in [-0.3, -0.25) is 4.79 Å². The number of carbonyl (C=O) groups excluding carboxylic acids is 1. The number of aromatic nitrogens is 1. The summed E-state index contributed by atoms with van der Waals surface area (Å²) >= 11 is 0. The van der Waals surface area contributed by atoms with Gasteiger partial charge in [0.1, 0.15) is 0 Å². The maximum Gasteiger partial charge on any atom is 0.340 e. The number of esters is 1. The first kappa shape index (κ1) is 9.84. The lowest BCUT2D eigenvalue weighted by molar-refractivity contribution is 0.0603.